The van der Waals surface area contributed by atoms with Crippen LogP contribution in [0.4, 0.5) is 0 Å². The Hall–Kier alpha value is -3.68. The van der Waals surface area contributed by atoms with Crippen LogP contribution < -0.4 is 20.1 Å². The van der Waals surface area contributed by atoms with Gasteiger partial charge in [-0.2, -0.15) is 0 Å². The first-order valence-electron chi connectivity index (χ1n) is 14.6. The fourth-order valence-electron chi connectivity index (χ4n) is 7.06. The number of carbonyl (C=O) groups excluding carboxylic acids is 4. The average Bonchev–Trinajstić information content (AvgIpc) is 3.32. The molecule has 0 aromatic heterocycles. The predicted molar refractivity (Wildman–Crippen MR) is 150 cm³/mol. The quantitative estimate of drug-likeness (QED) is 0.248. The number of esters is 2. The number of hydrogen-bond donors (Lipinski definition) is 4. The molecule has 2 aliphatic carbocycles. The largest absolute Gasteiger partial charge is 0.493 e. The molecule has 0 radical (unpaired) electrons. The lowest BCUT2D eigenvalue weighted by Crippen LogP contribution is -2.75. The topological polar surface area (TPSA) is 173 Å². The number of carbonyl (C=O) groups is 4. The molecule has 2 amide bonds. The Bertz CT molecular complexity index is 1340. The van der Waals surface area contributed by atoms with E-state index in [-0.39, 0.29) is 38.4 Å². The number of aliphatic hydroxyl groups is 2. The highest BCUT2D eigenvalue weighted by Crippen LogP contribution is 2.66. The molecule has 2 aliphatic heterocycles. The van der Waals surface area contributed by atoms with Crippen molar-refractivity contribution in [1.29, 1.82) is 0 Å². The number of amides is 2. The number of hydrogen-bond acceptors (Lipinski definition) is 11. The highest BCUT2D eigenvalue weighted by atomic mass is 16.6. The lowest BCUT2D eigenvalue weighted by atomic mass is 9.50. The molecule has 1 saturated heterocycles. The van der Waals surface area contributed by atoms with Crippen LogP contribution in [0, 0.1) is 0 Å². The van der Waals surface area contributed by atoms with Crippen LogP contribution in [0.5, 0.6) is 11.5 Å². The van der Waals surface area contributed by atoms with Gasteiger partial charge in [-0.1, -0.05) is 6.07 Å². The van der Waals surface area contributed by atoms with Gasteiger partial charge in [0.2, 0.25) is 11.8 Å². The zero-order valence-electron chi connectivity index (χ0n) is 24.8. The van der Waals surface area contributed by atoms with Crippen LogP contribution in [0.15, 0.2) is 24.0 Å². The van der Waals surface area contributed by atoms with E-state index in [1.54, 1.807) is 13.2 Å². The second kappa shape index (κ2) is 11.8. The summed E-state index contributed by atoms with van der Waals surface area (Å²) in [7, 11) is 3.55. The molecule has 5 rings (SSSR count). The van der Waals surface area contributed by atoms with E-state index in [9.17, 15) is 29.4 Å². The van der Waals surface area contributed by atoms with E-state index in [1.807, 2.05) is 19.2 Å². The number of benzene rings is 1. The standard InChI is InChI=1S/C30H39N3O10/c1-16(34)27(38)31-12-8-22(36)41-20-7-10-30(43-23(37)9-13-32-28(39)17(2)35)21-15-18-5-6-19(40-4)25-24(18)29(30,26(20)42-25)11-14-33(21)3/h5-7,16-17,21,26,34-35H,8-15H2,1-4H3,(H,31,38)(H,32,39)/t16-,17-,21+,26-,29-,30+/m0/s1. The van der Waals surface area contributed by atoms with Crippen molar-refractivity contribution in [1.82, 2.24) is 15.5 Å². The average molecular weight is 602 g/mol. The maximum absolute atomic E-state index is 13.4. The second-order valence-electron chi connectivity index (χ2n) is 11.6. The van der Waals surface area contributed by atoms with Gasteiger partial charge >= 0.3 is 11.9 Å². The summed E-state index contributed by atoms with van der Waals surface area (Å²) in [5.74, 6) is -0.901. The summed E-state index contributed by atoms with van der Waals surface area (Å²) in [6.07, 6.45) is -0.262. The molecule has 0 saturated carbocycles. The molecule has 13 heteroatoms. The number of aliphatic hydroxyl groups excluding tert-OH is 2. The van der Waals surface area contributed by atoms with Gasteiger partial charge in [-0.3, -0.25) is 24.1 Å². The lowest BCUT2D eigenvalue weighted by molar-refractivity contribution is -0.206. The Morgan fingerprint density at radius 1 is 1.07 bits per heavy atom. The zero-order chi connectivity index (χ0) is 31.1. The molecule has 2 bridgehead atoms. The van der Waals surface area contributed by atoms with E-state index in [1.165, 1.54) is 13.8 Å². The highest BCUT2D eigenvalue weighted by molar-refractivity contribution is 5.81. The van der Waals surface area contributed by atoms with Gasteiger partial charge < -0.3 is 39.8 Å². The van der Waals surface area contributed by atoms with E-state index in [0.717, 1.165) is 11.1 Å². The van der Waals surface area contributed by atoms with E-state index >= 15 is 0 Å². The van der Waals surface area contributed by atoms with Crippen LogP contribution in [-0.2, 0) is 40.5 Å². The van der Waals surface area contributed by atoms with Crippen LogP contribution in [-0.4, -0.2) is 103 Å². The van der Waals surface area contributed by atoms with E-state index in [0.29, 0.717) is 36.6 Å². The third-order valence-corrected chi connectivity index (χ3v) is 9.06. The van der Waals surface area contributed by atoms with Crippen LogP contribution >= 0.6 is 0 Å². The molecule has 1 aromatic rings. The molecule has 1 spiro atoms. The minimum Gasteiger partial charge on any atom is -0.493 e. The molecule has 0 unspecified atom stereocenters. The van der Waals surface area contributed by atoms with Gasteiger partial charge in [-0.15, -0.1) is 0 Å². The summed E-state index contributed by atoms with van der Waals surface area (Å²) in [6.45, 7) is 3.35. The zero-order valence-corrected chi connectivity index (χ0v) is 24.8. The third kappa shape index (κ3) is 5.12. The molecule has 4 N–H and O–H groups in total. The first kappa shape index (κ1) is 30.8. The molecular formula is C30H39N3O10. The molecule has 13 nitrogen and oxygen atoms in total. The number of nitrogens with zero attached hydrogens (tertiary/aromatic N) is 1. The van der Waals surface area contributed by atoms with Crippen molar-refractivity contribution in [3.05, 3.63) is 35.1 Å². The van der Waals surface area contributed by atoms with Crippen molar-refractivity contribution in [2.24, 2.45) is 0 Å². The number of likely N-dealkylation sites (tertiary alicyclic amines) is 1. The number of methoxy groups -OCH3 is 1. The smallest absolute Gasteiger partial charge is 0.312 e. The van der Waals surface area contributed by atoms with Gasteiger partial charge in [-0.05, 0) is 58.0 Å². The molecule has 4 aliphatic rings. The maximum Gasteiger partial charge on any atom is 0.312 e. The summed E-state index contributed by atoms with van der Waals surface area (Å²) in [4.78, 5) is 52.0. The minimum absolute atomic E-state index is 0.00599. The predicted octanol–water partition coefficient (Wildman–Crippen LogP) is -0.159. The summed E-state index contributed by atoms with van der Waals surface area (Å²) in [5, 5.41) is 23.9. The van der Waals surface area contributed by atoms with Crippen molar-refractivity contribution < 1.29 is 48.3 Å². The Kier molecular flexibility index (Phi) is 8.43. The van der Waals surface area contributed by atoms with E-state index in [4.69, 9.17) is 18.9 Å². The van der Waals surface area contributed by atoms with Gasteiger partial charge in [0.1, 0.15) is 23.6 Å². The normalized spacial score (nSPS) is 27.9. The van der Waals surface area contributed by atoms with Crippen molar-refractivity contribution in [3.8, 4) is 11.5 Å². The number of rotatable bonds is 11. The molecular weight excluding hydrogens is 562 g/mol. The van der Waals surface area contributed by atoms with Crippen LogP contribution in [0.25, 0.3) is 0 Å². The van der Waals surface area contributed by atoms with Gasteiger partial charge in [-0.25, -0.2) is 0 Å². The maximum atomic E-state index is 13.4. The van der Waals surface area contributed by atoms with Gasteiger partial charge in [0.25, 0.3) is 0 Å². The van der Waals surface area contributed by atoms with Crippen molar-refractivity contribution in [3.63, 3.8) is 0 Å². The number of piperidine rings is 1. The third-order valence-electron chi connectivity index (χ3n) is 9.06. The fraction of sp³-hybridized carbons (Fsp3) is 0.600. The molecule has 2 heterocycles. The lowest BCUT2D eigenvalue weighted by Gasteiger charge is -2.62. The number of ether oxygens (including phenoxy) is 4. The summed E-state index contributed by atoms with van der Waals surface area (Å²) >= 11 is 0. The Morgan fingerprint density at radius 2 is 1.72 bits per heavy atom. The summed E-state index contributed by atoms with van der Waals surface area (Å²) in [6, 6.07) is 3.64. The van der Waals surface area contributed by atoms with Crippen molar-refractivity contribution in [2.75, 3.05) is 33.8 Å². The second-order valence-corrected chi connectivity index (χ2v) is 11.6. The van der Waals surface area contributed by atoms with Crippen LogP contribution in [0.3, 0.4) is 0 Å². The molecule has 43 heavy (non-hydrogen) atoms. The molecule has 1 fully saturated rings. The number of likely N-dealkylation sites (N-methyl/N-ethyl adjacent to an activating group) is 1. The monoisotopic (exact) mass is 601 g/mol. The SMILES string of the molecule is COc1ccc2c3c1O[C@H]1C(OC(=O)CCNC(=O)[C@H](C)O)=CC[C@@]4(OC(=O)CCNC(=O)[C@H](C)O)[C@@H](C2)N(C)CC[C@]314. The van der Waals surface area contributed by atoms with Crippen LogP contribution in [0.2, 0.25) is 0 Å². The Morgan fingerprint density at radius 3 is 2.35 bits per heavy atom. The fourth-order valence-corrected chi connectivity index (χ4v) is 7.06. The summed E-state index contributed by atoms with van der Waals surface area (Å²) < 4.78 is 24.6. The Balaban J connectivity index is 1.48. The first-order valence-corrected chi connectivity index (χ1v) is 14.6. The highest BCUT2D eigenvalue weighted by Gasteiger charge is 2.74. The van der Waals surface area contributed by atoms with E-state index in [2.05, 4.69) is 15.5 Å². The Labute approximate surface area is 249 Å². The number of nitrogens with one attached hydrogen (secondary N) is 2. The van der Waals surface area contributed by atoms with Crippen LogP contribution in [0.1, 0.15) is 50.7 Å². The molecule has 6 atom stereocenters. The first-order chi connectivity index (χ1) is 20.4. The molecule has 234 valence electrons. The van der Waals surface area contributed by atoms with Gasteiger partial charge in [0, 0.05) is 25.1 Å². The van der Waals surface area contributed by atoms with Crippen molar-refractivity contribution in [2.45, 2.75) is 81.3 Å². The van der Waals surface area contributed by atoms with Crippen molar-refractivity contribution >= 4 is 23.8 Å². The van der Waals surface area contributed by atoms with Gasteiger partial charge in [0.15, 0.2) is 17.6 Å². The minimum atomic E-state index is -1.19. The summed E-state index contributed by atoms with van der Waals surface area (Å²) in [5.41, 5.74) is -0.0197. The van der Waals surface area contributed by atoms with Gasteiger partial charge in [0.05, 0.1) is 31.4 Å². The van der Waals surface area contributed by atoms with E-state index < -0.39 is 53.1 Å². The molecule has 1 aromatic carbocycles.